The van der Waals surface area contributed by atoms with Gasteiger partial charge in [0.1, 0.15) is 6.61 Å². The maximum atomic E-state index is 12.1. The van der Waals surface area contributed by atoms with Gasteiger partial charge in [-0.25, -0.2) is 4.79 Å². The number of carboxylic acid groups (broad SMARTS) is 1. The van der Waals surface area contributed by atoms with E-state index in [1.165, 1.54) is 11.1 Å². The molecule has 0 saturated heterocycles. The van der Waals surface area contributed by atoms with Crippen LogP contribution in [0, 0.1) is 11.3 Å². The second-order valence-electron chi connectivity index (χ2n) is 7.25. The van der Waals surface area contributed by atoms with E-state index in [2.05, 4.69) is 29.6 Å². The van der Waals surface area contributed by atoms with E-state index < -0.39 is 17.5 Å². The number of hydrogen-bond acceptors (Lipinski definition) is 3. The van der Waals surface area contributed by atoms with Crippen LogP contribution >= 0.6 is 0 Å². The zero-order chi connectivity index (χ0) is 18.3. The summed E-state index contributed by atoms with van der Waals surface area (Å²) in [7, 11) is 0. The summed E-state index contributed by atoms with van der Waals surface area (Å²) in [5.41, 5.74) is 3.83. The minimum absolute atomic E-state index is 0.00133. The van der Waals surface area contributed by atoms with Gasteiger partial charge in [0.05, 0.1) is 5.41 Å². The molecule has 0 bridgehead atoms. The Hall–Kier alpha value is -2.82. The quantitative estimate of drug-likeness (QED) is 0.862. The Balaban J connectivity index is 1.42. The van der Waals surface area contributed by atoms with Crippen LogP contribution in [0.5, 0.6) is 0 Å². The van der Waals surface area contributed by atoms with Crippen LogP contribution in [0.4, 0.5) is 4.79 Å². The number of fused-ring (bicyclic) bond motifs is 3. The first-order valence-corrected chi connectivity index (χ1v) is 8.85. The lowest BCUT2D eigenvalue weighted by molar-refractivity contribution is -0.143. The van der Waals surface area contributed by atoms with Crippen LogP contribution in [0.3, 0.4) is 0 Å². The van der Waals surface area contributed by atoms with E-state index in [0.717, 1.165) is 11.1 Å². The summed E-state index contributed by atoms with van der Waals surface area (Å²) in [5.74, 6) is -0.778. The molecule has 2 aromatic rings. The minimum atomic E-state index is -0.857. The molecule has 4 rings (SSSR count). The summed E-state index contributed by atoms with van der Waals surface area (Å²) in [6.45, 7) is 2.23. The first-order chi connectivity index (χ1) is 12.5. The van der Waals surface area contributed by atoms with Crippen molar-refractivity contribution in [3.8, 4) is 11.1 Å². The maximum absolute atomic E-state index is 12.1. The van der Waals surface area contributed by atoms with Crippen molar-refractivity contribution in [1.29, 1.82) is 0 Å². The number of amides is 1. The highest BCUT2D eigenvalue weighted by molar-refractivity contribution is 5.80. The van der Waals surface area contributed by atoms with Crippen molar-refractivity contribution < 1.29 is 19.4 Å². The van der Waals surface area contributed by atoms with Crippen molar-refractivity contribution in [3.63, 3.8) is 0 Å². The lowest BCUT2D eigenvalue weighted by Crippen LogP contribution is -2.36. The number of hydrogen-bond donors (Lipinski definition) is 2. The molecule has 134 valence electrons. The monoisotopic (exact) mass is 351 g/mol. The molecule has 5 heteroatoms. The molecule has 0 spiro atoms. The molecular weight excluding hydrogens is 330 g/mol. The van der Waals surface area contributed by atoms with Crippen molar-refractivity contribution in [2.24, 2.45) is 11.3 Å². The maximum Gasteiger partial charge on any atom is 0.407 e. The van der Waals surface area contributed by atoms with Gasteiger partial charge in [0, 0.05) is 12.5 Å². The van der Waals surface area contributed by atoms with E-state index >= 15 is 0 Å². The summed E-state index contributed by atoms with van der Waals surface area (Å²) < 4.78 is 5.43. The minimum Gasteiger partial charge on any atom is -0.481 e. The van der Waals surface area contributed by atoms with Gasteiger partial charge < -0.3 is 15.2 Å². The number of aliphatic carboxylic acids is 1. The molecule has 1 amide bonds. The molecule has 0 unspecified atom stereocenters. The van der Waals surface area contributed by atoms with Crippen molar-refractivity contribution in [2.45, 2.75) is 19.3 Å². The molecule has 1 saturated carbocycles. The third-order valence-electron chi connectivity index (χ3n) is 5.77. The van der Waals surface area contributed by atoms with Crippen LogP contribution in [0.1, 0.15) is 30.4 Å². The van der Waals surface area contributed by atoms with Crippen LogP contribution in [0.2, 0.25) is 0 Å². The highest BCUT2D eigenvalue weighted by Crippen LogP contribution is 2.52. The van der Waals surface area contributed by atoms with Gasteiger partial charge in [-0.05, 0) is 34.6 Å². The number of carboxylic acids is 1. The van der Waals surface area contributed by atoms with Crippen molar-refractivity contribution in [1.82, 2.24) is 5.32 Å². The molecule has 0 aromatic heterocycles. The topological polar surface area (TPSA) is 75.6 Å². The zero-order valence-corrected chi connectivity index (χ0v) is 14.6. The standard InChI is InChI=1S/C21H21NO4/c1-13-10-21(13,19(23)24)12-22-20(25)26-11-18-16-8-4-2-6-14(16)15-7-3-5-9-17(15)18/h2-9,13,18H,10-12H2,1H3,(H,22,25)(H,23,24)/t13-,21+/m1/s1. The van der Waals surface area contributed by atoms with Gasteiger partial charge in [-0.2, -0.15) is 0 Å². The first kappa shape index (κ1) is 16.6. The van der Waals surface area contributed by atoms with Gasteiger partial charge in [-0.1, -0.05) is 55.5 Å². The van der Waals surface area contributed by atoms with Crippen molar-refractivity contribution >= 4 is 12.1 Å². The number of rotatable bonds is 5. The SMILES string of the molecule is C[C@@H]1C[C@@]1(CNC(=O)OCC1c2ccccc2-c2ccccc21)C(=O)O. The number of ether oxygens (including phenoxy) is 1. The summed E-state index contributed by atoms with van der Waals surface area (Å²) >= 11 is 0. The van der Waals surface area contributed by atoms with Gasteiger partial charge in [-0.3, -0.25) is 4.79 Å². The number of benzene rings is 2. The average molecular weight is 351 g/mol. The van der Waals surface area contributed by atoms with Gasteiger partial charge >= 0.3 is 12.1 Å². The van der Waals surface area contributed by atoms with Crippen molar-refractivity contribution in [3.05, 3.63) is 59.7 Å². The van der Waals surface area contributed by atoms with Gasteiger partial charge in [-0.15, -0.1) is 0 Å². The first-order valence-electron chi connectivity index (χ1n) is 8.85. The molecule has 2 aromatic carbocycles. The Bertz CT molecular complexity index is 832. The number of carbonyl (C=O) groups is 2. The van der Waals surface area contributed by atoms with Crippen LogP contribution in [0.25, 0.3) is 11.1 Å². The molecule has 2 aliphatic carbocycles. The largest absolute Gasteiger partial charge is 0.481 e. The van der Waals surface area contributed by atoms with E-state index in [1.54, 1.807) is 0 Å². The Morgan fingerprint density at radius 1 is 1.12 bits per heavy atom. The molecule has 2 N–H and O–H groups in total. The molecule has 2 aliphatic rings. The lowest BCUT2D eigenvalue weighted by atomic mass is 9.98. The smallest absolute Gasteiger partial charge is 0.407 e. The molecule has 0 aliphatic heterocycles. The van der Waals surface area contributed by atoms with Gasteiger partial charge in [0.15, 0.2) is 0 Å². The van der Waals surface area contributed by atoms with Gasteiger partial charge in [0.2, 0.25) is 0 Å². The van der Waals surface area contributed by atoms with Crippen LogP contribution < -0.4 is 5.32 Å². The van der Waals surface area contributed by atoms with Crippen molar-refractivity contribution in [2.75, 3.05) is 13.2 Å². The molecule has 5 nitrogen and oxygen atoms in total. The van der Waals surface area contributed by atoms with E-state index in [4.69, 9.17) is 4.74 Å². The number of carbonyl (C=O) groups excluding carboxylic acids is 1. The summed E-state index contributed by atoms with van der Waals surface area (Å²) in [6.07, 6.45) is 0.0259. The zero-order valence-electron chi connectivity index (χ0n) is 14.6. The highest BCUT2D eigenvalue weighted by atomic mass is 16.5. The molecule has 1 fully saturated rings. The summed E-state index contributed by atoms with van der Waals surface area (Å²) in [5, 5.41) is 11.9. The normalized spacial score (nSPS) is 23.0. The van der Waals surface area contributed by atoms with E-state index in [0.29, 0.717) is 6.42 Å². The third kappa shape index (κ3) is 2.64. The average Bonchev–Trinajstić information content (AvgIpc) is 3.21. The Labute approximate surface area is 152 Å². The third-order valence-corrected chi connectivity index (χ3v) is 5.77. The summed E-state index contributed by atoms with van der Waals surface area (Å²) in [4.78, 5) is 23.5. The fourth-order valence-corrected chi connectivity index (χ4v) is 3.99. The fourth-order valence-electron chi connectivity index (χ4n) is 3.99. The van der Waals surface area contributed by atoms with E-state index in [1.807, 2.05) is 31.2 Å². The lowest BCUT2D eigenvalue weighted by Gasteiger charge is -2.16. The molecule has 0 heterocycles. The highest BCUT2D eigenvalue weighted by Gasteiger charge is 2.57. The number of nitrogens with one attached hydrogen (secondary N) is 1. The van der Waals surface area contributed by atoms with Crippen LogP contribution in [-0.2, 0) is 9.53 Å². The Morgan fingerprint density at radius 2 is 1.65 bits per heavy atom. The van der Waals surface area contributed by atoms with E-state index in [9.17, 15) is 14.7 Å². The fraction of sp³-hybridized carbons (Fsp3) is 0.333. The second kappa shape index (κ2) is 6.16. The molecule has 2 atom stereocenters. The second-order valence-corrected chi connectivity index (χ2v) is 7.25. The van der Waals surface area contributed by atoms with Gasteiger partial charge in [0.25, 0.3) is 0 Å². The molecular formula is C21H21NO4. The predicted molar refractivity (Wildman–Crippen MR) is 96.9 cm³/mol. The molecule has 26 heavy (non-hydrogen) atoms. The van der Waals surface area contributed by atoms with Crippen LogP contribution in [-0.4, -0.2) is 30.3 Å². The predicted octanol–water partition coefficient (Wildman–Crippen LogP) is 3.64. The van der Waals surface area contributed by atoms with E-state index in [-0.39, 0.29) is 25.0 Å². The number of alkyl carbamates (subject to hydrolysis) is 1. The Kier molecular flexibility index (Phi) is 3.94. The van der Waals surface area contributed by atoms with Crippen LogP contribution in [0.15, 0.2) is 48.5 Å². The summed E-state index contributed by atoms with van der Waals surface area (Å²) in [6, 6.07) is 16.3. The Morgan fingerprint density at radius 3 is 2.15 bits per heavy atom. The molecule has 0 radical (unpaired) electrons.